The first-order valence-electron chi connectivity index (χ1n) is 18.0. The van der Waals surface area contributed by atoms with Gasteiger partial charge in [-0.15, -0.1) is 0 Å². The van der Waals surface area contributed by atoms with Crippen molar-refractivity contribution in [3.63, 3.8) is 0 Å². The van der Waals surface area contributed by atoms with E-state index in [0.717, 1.165) is 26.7 Å². The van der Waals surface area contributed by atoms with Crippen LogP contribution in [0.25, 0.3) is 0 Å². The minimum Gasteiger partial charge on any atom is -0.504 e. The summed E-state index contributed by atoms with van der Waals surface area (Å²) in [5.41, 5.74) is 2.80. The number of amides is 4. The summed E-state index contributed by atoms with van der Waals surface area (Å²) < 4.78 is 47.2. The summed E-state index contributed by atoms with van der Waals surface area (Å²) >= 11 is 9.84. The van der Waals surface area contributed by atoms with Crippen molar-refractivity contribution in [1.82, 2.24) is 15.0 Å². The van der Waals surface area contributed by atoms with E-state index >= 15 is 4.79 Å². The van der Waals surface area contributed by atoms with Crippen molar-refractivity contribution in [2.75, 3.05) is 24.6 Å². The van der Waals surface area contributed by atoms with Crippen LogP contribution >= 0.6 is 27.5 Å². The molecule has 2 saturated heterocycles. The van der Waals surface area contributed by atoms with Crippen molar-refractivity contribution in [2.24, 2.45) is 23.7 Å². The first kappa shape index (κ1) is 38.5. The Hall–Kier alpha value is -5.41. The molecule has 1 aromatic heterocycles. The van der Waals surface area contributed by atoms with Gasteiger partial charge in [-0.2, -0.15) is 23.2 Å². The normalized spacial score (nSPS) is 25.5. The molecule has 1 saturated carbocycles. The quantitative estimate of drug-likeness (QED) is 0.143. The van der Waals surface area contributed by atoms with Gasteiger partial charge in [0.25, 0.3) is 23.6 Å². The van der Waals surface area contributed by atoms with E-state index in [1.807, 2.05) is 19.1 Å². The summed E-state index contributed by atoms with van der Waals surface area (Å²) in [4.78, 5) is 62.9. The topological polar surface area (TPSA) is 132 Å². The second kappa shape index (κ2) is 13.9. The highest BCUT2D eigenvalue weighted by Crippen LogP contribution is 2.65. The predicted molar refractivity (Wildman–Crippen MR) is 206 cm³/mol. The summed E-state index contributed by atoms with van der Waals surface area (Å²) in [6.07, 6.45) is -3.08. The fourth-order valence-corrected chi connectivity index (χ4v) is 9.93. The lowest BCUT2D eigenvalue weighted by atomic mass is 9.49. The molecule has 3 fully saturated rings. The molecule has 3 aromatic carbocycles. The third-order valence-electron chi connectivity index (χ3n) is 11.7. The number of rotatable bonds is 7. The SMILES string of the molecule is COc1cc(Br)cc([C@H]2C3=CC[C@@H]4C(=O)N(N(C)c5nc(C(F)(F)F)ccc5Cl)C(=O)[C@@H]4[C@@H]3C[C@H]3C(=O)N(Nc4ccc(C)cc4)C(=O)[C@@]23c2ccccc2)c1O. The Bertz CT molecular complexity index is 2380. The van der Waals surface area contributed by atoms with Crippen LogP contribution in [0.4, 0.5) is 24.7 Å². The number of carbonyl (C=O) groups is 4. The first-order chi connectivity index (χ1) is 27.1. The Morgan fingerprint density at radius 3 is 2.35 bits per heavy atom. The van der Waals surface area contributed by atoms with Gasteiger partial charge >= 0.3 is 6.18 Å². The minimum atomic E-state index is -4.83. The number of carbonyl (C=O) groups excluding carboxylic acids is 4. The number of phenolic OH excluding ortho intramolecular Hbond substituents is 1. The number of halogens is 5. The number of hydrogen-bond acceptors (Lipinski definition) is 9. The predicted octanol–water partition coefficient (Wildman–Crippen LogP) is 7.58. The summed E-state index contributed by atoms with van der Waals surface area (Å²) in [5, 5.41) is 14.4. The van der Waals surface area contributed by atoms with Crippen LogP contribution in [-0.4, -0.2) is 57.9 Å². The Morgan fingerprint density at radius 1 is 0.982 bits per heavy atom. The summed E-state index contributed by atoms with van der Waals surface area (Å²) in [5.74, 6) is -8.34. The summed E-state index contributed by atoms with van der Waals surface area (Å²) in [6, 6.07) is 20.8. The number of aromatic nitrogens is 1. The highest BCUT2D eigenvalue weighted by Gasteiger charge is 2.71. The van der Waals surface area contributed by atoms with E-state index in [0.29, 0.717) is 27.4 Å². The van der Waals surface area contributed by atoms with Crippen LogP contribution in [0.2, 0.25) is 5.02 Å². The number of hydrazine groups is 2. The highest BCUT2D eigenvalue weighted by atomic mass is 79.9. The minimum absolute atomic E-state index is 0.0145. The zero-order valence-electron chi connectivity index (χ0n) is 30.6. The maximum absolute atomic E-state index is 15.4. The second-order valence-electron chi connectivity index (χ2n) is 14.6. The molecule has 4 aromatic rings. The number of allylic oxidation sites excluding steroid dienone is 2. The maximum atomic E-state index is 15.4. The van der Waals surface area contributed by atoms with Crippen molar-refractivity contribution in [2.45, 2.75) is 37.3 Å². The Kier molecular flexibility index (Phi) is 9.38. The van der Waals surface area contributed by atoms with Gasteiger partial charge in [0.15, 0.2) is 17.3 Å². The van der Waals surface area contributed by atoms with Crippen LogP contribution in [0, 0.1) is 30.6 Å². The summed E-state index contributed by atoms with van der Waals surface area (Å²) in [6.45, 7) is 1.90. The molecule has 0 radical (unpaired) electrons. The monoisotopic (exact) mass is 863 g/mol. The largest absolute Gasteiger partial charge is 0.504 e. The van der Waals surface area contributed by atoms with Gasteiger partial charge < -0.3 is 9.84 Å². The third kappa shape index (κ3) is 5.87. The molecule has 2 aliphatic heterocycles. The Balaban J connectivity index is 1.30. The number of pyridine rings is 1. The van der Waals surface area contributed by atoms with E-state index in [1.54, 1.807) is 60.7 Å². The fraction of sp³-hybridized carbons (Fsp3) is 0.293. The van der Waals surface area contributed by atoms with E-state index < -0.39 is 76.3 Å². The standard InChI is InChI=1S/C41H34BrClF3N5O6/c1-20-9-11-23(12-10-20)48-50-37(54)28-19-26-24(33(27-17-22(42)18-30(57-3)34(27)52)40(28,39(50)56)21-7-5-4-6-8-21)13-14-25-32(26)38(55)51(36(25)53)49(2)35-29(43)15-16-31(47-35)41(44,45)46/h4-13,15-18,25-26,28,32-33,48,52H,14,19H2,1-3H3/t25-,26+,28-,32-,33+,40+/m0/s1. The van der Waals surface area contributed by atoms with Gasteiger partial charge in [0.1, 0.15) is 5.69 Å². The van der Waals surface area contributed by atoms with Gasteiger partial charge in [-0.3, -0.25) is 29.6 Å². The van der Waals surface area contributed by atoms with E-state index in [9.17, 15) is 32.7 Å². The van der Waals surface area contributed by atoms with E-state index in [4.69, 9.17) is 16.3 Å². The van der Waals surface area contributed by atoms with Crippen LogP contribution in [-0.2, 0) is 30.8 Å². The molecular formula is C41H34BrClF3N5O6. The van der Waals surface area contributed by atoms with Crippen molar-refractivity contribution >= 4 is 62.7 Å². The van der Waals surface area contributed by atoms with E-state index in [-0.39, 0.29) is 34.9 Å². The number of fused-ring (bicyclic) bond motifs is 4. The number of imide groups is 2. The number of ether oxygens (including phenoxy) is 1. The number of alkyl halides is 3. The average molecular weight is 865 g/mol. The number of hydrogen-bond donors (Lipinski definition) is 2. The number of phenols is 1. The number of benzene rings is 3. The summed E-state index contributed by atoms with van der Waals surface area (Å²) in [7, 11) is 2.62. The lowest BCUT2D eigenvalue weighted by Crippen LogP contribution is -2.53. The van der Waals surface area contributed by atoms with Crippen LogP contribution in [0.15, 0.2) is 95.0 Å². The van der Waals surface area contributed by atoms with Crippen LogP contribution in [0.5, 0.6) is 11.5 Å². The number of anilines is 2. The number of methoxy groups -OCH3 is 1. The average Bonchev–Trinajstić information content (AvgIpc) is 3.56. The fourth-order valence-electron chi connectivity index (χ4n) is 9.25. The molecule has 0 unspecified atom stereocenters. The van der Waals surface area contributed by atoms with Crippen molar-refractivity contribution < 1.29 is 42.2 Å². The zero-order valence-corrected chi connectivity index (χ0v) is 32.9. The molecule has 6 atom stereocenters. The van der Waals surface area contributed by atoms with Crippen LogP contribution in [0.3, 0.4) is 0 Å². The van der Waals surface area contributed by atoms with Crippen molar-refractivity contribution in [3.8, 4) is 11.5 Å². The smallest absolute Gasteiger partial charge is 0.433 e. The van der Waals surface area contributed by atoms with Gasteiger partial charge in [0.05, 0.1) is 41.0 Å². The molecule has 294 valence electrons. The number of nitrogens with one attached hydrogen (secondary N) is 1. The van der Waals surface area contributed by atoms with E-state index in [1.165, 1.54) is 14.2 Å². The molecule has 2 N–H and O–H groups in total. The van der Waals surface area contributed by atoms with Crippen LogP contribution < -0.4 is 15.2 Å². The molecule has 3 heterocycles. The zero-order chi connectivity index (χ0) is 40.7. The number of aromatic hydroxyl groups is 1. The molecule has 8 rings (SSSR count). The highest BCUT2D eigenvalue weighted by molar-refractivity contribution is 9.10. The lowest BCUT2D eigenvalue weighted by molar-refractivity contribution is -0.142. The molecule has 57 heavy (non-hydrogen) atoms. The first-order valence-corrected chi connectivity index (χ1v) is 19.1. The van der Waals surface area contributed by atoms with Gasteiger partial charge in [-0.1, -0.05) is 87.2 Å². The third-order valence-corrected chi connectivity index (χ3v) is 12.4. The van der Waals surface area contributed by atoms with Gasteiger partial charge in [0.2, 0.25) is 0 Å². The van der Waals surface area contributed by atoms with Crippen molar-refractivity contribution in [3.05, 3.63) is 122 Å². The molecule has 2 aliphatic carbocycles. The molecule has 4 amide bonds. The maximum Gasteiger partial charge on any atom is 0.433 e. The van der Waals surface area contributed by atoms with Gasteiger partial charge in [0, 0.05) is 23.0 Å². The number of nitrogens with zero attached hydrogens (tertiary/aromatic N) is 4. The molecule has 11 nitrogen and oxygen atoms in total. The molecule has 0 bridgehead atoms. The van der Waals surface area contributed by atoms with Gasteiger partial charge in [-0.25, -0.2) is 4.98 Å². The van der Waals surface area contributed by atoms with Gasteiger partial charge in [-0.05, 0) is 67.6 Å². The second-order valence-corrected chi connectivity index (χ2v) is 16.0. The molecule has 4 aliphatic rings. The Morgan fingerprint density at radius 2 is 1.68 bits per heavy atom. The lowest BCUT2D eigenvalue weighted by Gasteiger charge is -2.50. The van der Waals surface area contributed by atoms with E-state index in [2.05, 4.69) is 26.3 Å². The molecule has 16 heteroatoms. The molecular weight excluding hydrogens is 831 g/mol. The van der Waals surface area contributed by atoms with Crippen molar-refractivity contribution in [1.29, 1.82) is 0 Å². The number of aryl methyl sites for hydroxylation is 1. The van der Waals surface area contributed by atoms with Crippen LogP contribution in [0.1, 0.15) is 41.1 Å². The Labute approximate surface area is 338 Å². The molecule has 0 spiro atoms.